The van der Waals surface area contributed by atoms with Gasteiger partial charge in [0.25, 0.3) is 0 Å². The van der Waals surface area contributed by atoms with Crippen LogP contribution in [-0.4, -0.2) is 11.1 Å². The maximum absolute atomic E-state index is 11.3. The Labute approximate surface area is 107 Å². The third-order valence-electron chi connectivity index (χ3n) is 2.58. The zero-order valence-corrected chi connectivity index (χ0v) is 10.6. The highest BCUT2D eigenvalue weighted by atomic mass is 79.9. The number of furan rings is 1. The number of benzene rings is 1. The zero-order chi connectivity index (χ0) is 12.3. The maximum Gasteiger partial charge on any atom is 0.311 e. The number of carboxylic acids is 1. The Morgan fingerprint density at radius 1 is 1.29 bits per heavy atom. The summed E-state index contributed by atoms with van der Waals surface area (Å²) in [6.07, 6.45) is 1.89. The average molecular weight is 295 g/mol. The van der Waals surface area contributed by atoms with Crippen LogP contribution in [0.2, 0.25) is 0 Å². The molecule has 1 unspecified atom stereocenters. The van der Waals surface area contributed by atoms with Crippen LogP contribution in [0.1, 0.15) is 17.2 Å². The molecule has 2 rings (SSSR count). The number of rotatable bonds is 4. The summed E-state index contributed by atoms with van der Waals surface area (Å²) in [4.78, 5) is 11.3. The summed E-state index contributed by atoms with van der Waals surface area (Å²) in [5, 5.41) is 9.26. The predicted molar refractivity (Wildman–Crippen MR) is 66.9 cm³/mol. The van der Waals surface area contributed by atoms with Gasteiger partial charge in [-0.3, -0.25) is 4.79 Å². The minimum atomic E-state index is -0.848. The molecule has 3 nitrogen and oxygen atoms in total. The molecule has 17 heavy (non-hydrogen) atoms. The molecule has 4 heteroatoms. The summed E-state index contributed by atoms with van der Waals surface area (Å²) in [5.74, 6) is -0.778. The van der Waals surface area contributed by atoms with Crippen molar-refractivity contribution in [1.29, 1.82) is 0 Å². The van der Waals surface area contributed by atoms with Crippen LogP contribution in [0.4, 0.5) is 0 Å². The molecule has 1 heterocycles. The van der Waals surface area contributed by atoms with Crippen molar-refractivity contribution in [2.75, 3.05) is 0 Å². The van der Waals surface area contributed by atoms with Crippen molar-refractivity contribution in [3.05, 3.63) is 58.5 Å². The number of hydrogen-bond acceptors (Lipinski definition) is 2. The topological polar surface area (TPSA) is 50.4 Å². The third-order valence-corrected chi connectivity index (χ3v) is 3.29. The number of aliphatic carboxylic acids is 1. The molecule has 0 radical (unpaired) electrons. The molecular formula is C13H11BrO3. The van der Waals surface area contributed by atoms with Gasteiger partial charge in [0.1, 0.15) is 5.76 Å². The Morgan fingerprint density at radius 3 is 2.53 bits per heavy atom. The van der Waals surface area contributed by atoms with Crippen LogP contribution in [0.25, 0.3) is 0 Å². The number of halogens is 1. The smallest absolute Gasteiger partial charge is 0.311 e. The summed E-state index contributed by atoms with van der Waals surface area (Å²) in [6, 6.07) is 10.9. The van der Waals surface area contributed by atoms with Crippen LogP contribution in [0.3, 0.4) is 0 Å². The Morgan fingerprint density at radius 2 is 2.00 bits per heavy atom. The van der Waals surface area contributed by atoms with Crippen LogP contribution in [-0.2, 0) is 11.2 Å². The first kappa shape index (κ1) is 11.9. The lowest BCUT2D eigenvalue weighted by atomic mass is 9.95. The van der Waals surface area contributed by atoms with Gasteiger partial charge in [0.2, 0.25) is 0 Å². The van der Waals surface area contributed by atoms with Crippen LogP contribution in [0.15, 0.2) is 51.6 Å². The highest BCUT2D eigenvalue weighted by Crippen LogP contribution is 2.26. The first-order valence-corrected chi connectivity index (χ1v) is 5.97. The molecule has 88 valence electrons. The highest BCUT2D eigenvalue weighted by molar-refractivity contribution is 9.10. The monoisotopic (exact) mass is 294 g/mol. The SMILES string of the molecule is O=C(O)C(Cc1occc1Br)c1ccccc1. The molecule has 0 aliphatic rings. The van der Waals surface area contributed by atoms with Gasteiger partial charge in [-0.25, -0.2) is 0 Å². The fraction of sp³-hybridized carbons (Fsp3) is 0.154. The van der Waals surface area contributed by atoms with E-state index in [-0.39, 0.29) is 0 Å². The lowest BCUT2D eigenvalue weighted by Gasteiger charge is -2.11. The molecule has 1 atom stereocenters. The van der Waals surface area contributed by atoms with Gasteiger partial charge in [-0.2, -0.15) is 0 Å². The van der Waals surface area contributed by atoms with E-state index in [1.165, 1.54) is 0 Å². The molecule has 0 aliphatic carbocycles. The zero-order valence-electron chi connectivity index (χ0n) is 8.97. The van der Waals surface area contributed by atoms with E-state index in [9.17, 15) is 9.90 Å². The van der Waals surface area contributed by atoms with Crippen LogP contribution >= 0.6 is 15.9 Å². The van der Waals surface area contributed by atoms with E-state index in [0.29, 0.717) is 12.2 Å². The number of hydrogen-bond donors (Lipinski definition) is 1. The van der Waals surface area contributed by atoms with E-state index in [1.807, 2.05) is 30.3 Å². The summed E-state index contributed by atoms with van der Waals surface area (Å²) in [6.45, 7) is 0. The summed E-state index contributed by atoms with van der Waals surface area (Å²) >= 11 is 3.33. The number of carboxylic acid groups (broad SMARTS) is 1. The van der Waals surface area contributed by atoms with Crippen molar-refractivity contribution in [2.24, 2.45) is 0 Å². The van der Waals surface area contributed by atoms with Gasteiger partial charge >= 0.3 is 5.97 Å². The number of carbonyl (C=O) groups is 1. The Kier molecular flexibility index (Phi) is 3.64. The molecule has 0 spiro atoms. The molecule has 1 aromatic carbocycles. The Bertz CT molecular complexity index is 504. The predicted octanol–water partition coefficient (Wildman–Crippen LogP) is 3.45. The van der Waals surface area contributed by atoms with Crippen molar-refractivity contribution in [2.45, 2.75) is 12.3 Å². The molecular weight excluding hydrogens is 284 g/mol. The van der Waals surface area contributed by atoms with Gasteiger partial charge in [0, 0.05) is 6.42 Å². The fourth-order valence-electron chi connectivity index (χ4n) is 1.69. The molecule has 1 N–H and O–H groups in total. The minimum Gasteiger partial charge on any atom is -0.481 e. The molecule has 0 bridgehead atoms. The first-order chi connectivity index (χ1) is 8.18. The van der Waals surface area contributed by atoms with E-state index in [4.69, 9.17) is 4.42 Å². The van der Waals surface area contributed by atoms with Gasteiger partial charge < -0.3 is 9.52 Å². The van der Waals surface area contributed by atoms with Crippen LogP contribution in [0, 0.1) is 0 Å². The summed E-state index contributed by atoms with van der Waals surface area (Å²) < 4.78 is 6.06. The lowest BCUT2D eigenvalue weighted by molar-refractivity contribution is -0.138. The molecule has 0 amide bonds. The summed E-state index contributed by atoms with van der Waals surface area (Å²) in [5.41, 5.74) is 0.781. The standard InChI is InChI=1S/C13H11BrO3/c14-11-6-7-17-12(11)8-10(13(15)16)9-4-2-1-3-5-9/h1-7,10H,8H2,(H,15,16). The Balaban J connectivity index is 2.26. The summed E-state index contributed by atoms with van der Waals surface area (Å²) in [7, 11) is 0. The van der Waals surface area contributed by atoms with Crippen molar-refractivity contribution >= 4 is 21.9 Å². The van der Waals surface area contributed by atoms with Crippen molar-refractivity contribution < 1.29 is 14.3 Å². The van der Waals surface area contributed by atoms with Crippen LogP contribution in [0.5, 0.6) is 0 Å². The Hall–Kier alpha value is -1.55. The normalized spacial score (nSPS) is 12.3. The molecule has 1 aromatic heterocycles. The second-order valence-electron chi connectivity index (χ2n) is 3.70. The average Bonchev–Trinajstić information content (AvgIpc) is 2.72. The van der Waals surface area contributed by atoms with Crippen LogP contribution < -0.4 is 0 Å². The molecule has 0 saturated heterocycles. The van der Waals surface area contributed by atoms with Crippen molar-refractivity contribution in [3.63, 3.8) is 0 Å². The van der Waals surface area contributed by atoms with Crippen molar-refractivity contribution in [1.82, 2.24) is 0 Å². The van der Waals surface area contributed by atoms with E-state index in [0.717, 1.165) is 10.0 Å². The molecule has 0 saturated carbocycles. The highest BCUT2D eigenvalue weighted by Gasteiger charge is 2.22. The van der Waals surface area contributed by atoms with Gasteiger partial charge in [0.05, 0.1) is 16.7 Å². The molecule has 2 aromatic rings. The van der Waals surface area contributed by atoms with Gasteiger partial charge in [0.15, 0.2) is 0 Å². The second-order valence-corrected chi connectivity index (χ2v) is 4.55. The lowest BCUT2D eigenvalue weighted by Crippen LogP contribution is -2.14. The third kappa shape index (κ3) is 2.77. The quantitative estimate of drug-likeness (QED) is 0.939. The second kappa shape index (κ2) is 5.19. The van der Waals surface area contributed by atoms with Crippen molar-refractivity contribution in [3.8, 4) is 0 Å². The first-order valence-electron chi connectivity index (χ1n) is 5.18. The van der Waals surface area contributed by atoms with E-state index in [1.54, 1.807) is 12.3 Å². The van der Waals surface area contributed by atoms with Gasteiger partial charge in [-0.05, 0) is 27.6 Å². The van der Waals surface area contributed by atoms with E-state index in [2.05, 4.69) is 15.9 Å². The molecule has 0 aliphatic heterocycles. The van der Waals surface area contributed by atoms with E-state index >= 15 is 0 Å². The largest absolute Gasteiger partial charge is 0.481 e. The fourth-order valence-corrected chi connectivity index (χ4v) is 2.05. The van der Waals surface area contributed by atoms with Gasteiger partial charge in [-0.15, -0.1) is 0 Å². The van der Waals surface area contributed by atoms with Gasteiger partial charge in [-0.1, -0.05) is 30.3 Å². The van der Waals surface area contributed by atoms with E-state index < -0.39 is 11.9 Å². The molecule has 0 fully saturated rings. The maximum atomic E-state index is 11.3. The minimum absolute atomic E-state index is 0.340.